The van der Waals surface area contributed by atoms with Gasteiger partial charge in [-0.2, -0.15) is 0 Å². The summed E-state index contributed by atoms with van der Waals surface area (Å²) in [4.78, 5) is 37.1. The monoisotopic (exact) mass is 330 g/mol. The lowest BCUT2D eigenvalue weighted by molar-refractivity contribution is -0.384. The zero-order valence-corrected chi connectivity index (χ0v) is 13.0. The summed E-state index contributed by atoms with van der Waals surface area (Å²) in [6, 6.07) is 3.82. The molecule has 0 unspecified atom stereocenters. The van der Waals surface area contributed by atoms with Gasteiger partial charge in [0.1, 0.15) is 5.75 Å². The third kappa shape index (κ3) is 1.71. The Balaban J connectivity index is 1.78. The topological polar surface area (TPSA) is 99.0 Å². The molecule has 24 heavy (non-hydrogen) atoms. The van der Waals surface area contributed by atoms with Gasteiger partial charge in [0, 0.05) is 6.07 Å². The number of non-ortho nitro benzene ring substituents is 1. The van der Waals surface area contributed by atoms with Crippen LogP contribution in [-0.2, 0) is 14.3 Å². The number of benzene rings is 1. The Hall–Kier alpha value is -2.74. The van der Waals surface area contributed by atoms with Gasteiger partial charge in [-0.25, -0.2) is 4.90 Å². The molecule has 4 rings (SSSR count). The van der Waals surface area contributed by atoms with E-state index in [1.54, 1.807) is 6.92 Å². The SMILES string of the molecule is COc1cc([N+](=O)[O-])ccc1N1C(=O)[C@@H]2[C@@H]3C=C[C@@](C)(O3)[C@H]2C1=O. The van der Waals surface area contributed by atoms with Gasteiger partial charge < -0.3 is 9.47 Å². The summed E-state index contributed by atoms with van der Waals surface area (Å²) >= 11 is 0. The third-order valence-electron chi connectivity index (χ3n) is 4.94. The average Bonchev–Trinajstić information content (AvgIpc) is 3.16. The Labute approximate surface area is 136 Å². The molecule has 0 saturated carbocycles. The number of nitro groups is 1. The number of hydrogen-bond donors (Lipinski definition) is 0. The first-order valence-electron chi connectivity index (χ1n) is 7.45. The molecular weight excluding hydrogens is 316 g/mol. The summed E-state index contributed by atoms with van der Waals surface area (Å²) in [5, 5.41) is 10.9. The molecule has 0 spiro atoms. The van der Waals surface area contributed by atoms with Gasteiger partial charge >= 0.3 is 0 Å². The van der Waals surface area contributed by atoms with Crippen molar-refractivity contribution in [2.45, 2.75) is 18.6 Å². The van der Waals surface area contributed by atoms with Gasteiger partial charge in [0.25, 0.3) is 5.69 Å². The second-order valence-corrected chi connectivity index (χ2v) is 6.25. The first-order valence-corrected chi connectivity index (χ1v) is 7.45. The second kappa shape index (κ2) is 4.64. The van der Waals surface area contributed by atoms with Crippen molar-refractivity contribution in [2.24, 2.45) is 11.8 Å². The van der Waals surface area contributed by atoms with Gasteiger partial charge in [0.2, 0.25) is 11.8 Å². The fourth-order valence-electron chi connectivity index (χ4n) is 3.85. The predicted octanol–water partition coefficient (Wildman–Crippen LogP) is 1.44. The van der Waals surface area contributed by atoms with Crippen molar-refractivity contribution in [1.82, 2.24) is 0 Å². The van der Waals surface area contributed by atoms with E-state index in [9.17, 15) is 19.7 Å². The summed E-state index contributed by atoms with van der Waals surface area (Å²) in [6.45, 7) is 1.79. The van der Waals surface area contributed by atoms with Gasteiger partial charge in [0.15, 0.2) is 0 Å². The zero-order valence-electron chi connectivity index (χ0n) is 13.0. The maximum Gasteiger partial charge on any atom is 0.273 e. The molecule has 124 valence electrons. The third-order valence-corrected chi connectivity index (χ3v) is 4.94. The molecule has 2 fully saturated rings. The summed E-state index contributed by atoms with van der Waals surface area (Å²) < 4.78 is 10.9. The number of amides is 2. The number of hydrogen-bond acceptors (Lipinski definition) is 6. The van der Waals surface area contributed by atoms with Crippen molar-refractivity contribution in [3.63, 3.8) is 0 Å². The number of ether oxygens (including phenoxy) is 2. The summed E-state index contributed by atoms with van der Waals surface area (Å²) in [6.07, 6.45) is 3.22. The molecule has 0 radical (unpaired) electrons. The molecule has 2 saturated heterocycles. The smallest absolute Gasteiger partial charge is 0.273 e. The van der Waals surface area contributed by atoms with Crippen molar-refractivity contribution in [3.05, 3.63) is 40.5 Å². The van der Waals surface area contributed by atoms with Crippen molar-refractivity contribution in [3.8, 4) is 5.75 Å². The Morgan fingerprint density at radius 2 is 2.08 bits per heavy atom. The number of imide groups is 1. The molecule has 4 atom stereocenters. The van der Waals surface area contributed by atoms with Crippen LogP contribution in [0.25, 0.3) is 0 Å². The molecule has 8 nitrogen and oxygen atoms in total. The predicted molar refractivity (Wildman–Crippen MR) is 81.5 cm³/mol. The molecule has 2 amide bonds. The van der Waals surface area contributed by atoms with Crippen molar-refractivity contribution >= 4 is 23.2 Å². The molecule has 8 heteroatoms. The normalized spacial score (nSPS) is 33.2. The van der Waals surface area contributed by atoms with E-state index < -0.39 is 28.5 Å². The Morgan fingerprint density at radius 1 is 1.33 bits per heavy atom. The van der Waals surface area contributed by atoms with Crippen LogP contribution in [0.5, 0.6) is 5.75 Å². The minimum atomic E-state index is -0.787. The maximum absolute atomic E-state index is 12.9. The minimum Gasteiger partial charge on any atom is -0.494 e. The summed E-state index contributed by atoms with van der Waals surface area (Å²) in [5.41, 5.74) is -0.743. The number of rotatable bonds is 3. The number of methoxy groups -OCH3 is 1. The van der Waals surface area contributed by atoms with Crippen LogP contribution in [0.2, 0.25) is 0 Å². The second-order valence-electron chi connectivity index (χ2n) is 6.25. The van der Waals surface area contributed by atoms with Crippen LogP contribution in [0.4, 0.5) is 11.4 Å². The lowest BCUT2D eigenvalue weighted by Gasteiger charge is -2.24. The maximum atomic E-state index is 12.9. The number of carbonyl (C=O) groups is 2. The average molecular weight is 330 g/mol. The fraction of sp³-hybridized carbons (Fsp3) is 0.375. The van der Waals surface area contributed by atoms with Crippen LogP contribution in [-0.4, -0.2) is 35.6 Å². The minimum absolute atomic E-state index is 0.109. The van der Waals surface area contributed by atoms with Crippen LogP contribution in [0.3, 0.4) is 0 Å². The van der Waals surface area contributed by atoms with Crippen molar-refractivity contribution < 1.29 is 24.0 Å². The number of carbonyl (C=O) groups excluding carboxylic acids is 2. The lowest BCUT2D eigenvalue weighted by Crippen LogP contribution is -2.38. The first kappa shape index (κ1) is 14.8. The molecule has 1 aromatic rings. The Kier molecular flexibility index (Phi) is 2.86. The van der Waals surface area contributed by atoms with Crippen LogP contribution >= 0.6 is 0 Å². The van der Waals surface area contributed by atoms with Gasteiger partial charge in [-0.15, -0.1) is 0 Å². The van der Waals surface area contributed by atoms with Crippen molar-refractivity contribution in [1.29, 1.82) is 0 Å². The van der Waals surface area contributed by atoms with Crippen LogP contribution in [0.15, 0.2) is 30.4 Å². The standard InChI is InChI=1S/C16H14N2O6/c1-16-6-5-10(24-16)12-13(16)15(20)17(14(12)19)9-4-3-8(18(21)22)7-11(9)23-2/h3-7,10,12-13H,1-2H3/t10-,12+,13+,16+/m0/s1. The lowest BCUT2D eigenvalue weighted by atomic mass is 9.78. The van der Waals surface area contributed by atoms with Gasteiger partial charge in [0.05, 0.1) is 47.3 Å². The largest absolute Gasteiger partial charge is 0.494 e. The Bertz CT molecular complexity index is 819. The van der Waals surface area contributed by atoms with Crippen molar-refractivity contribution in [2.75, 3.05) is 12.0 Å². The molecular formula is C16H14N2O6. The van der Waals surface area contributed by atoms with E-state index in [2.05, 4.69) is 0 Å². The Morgan fingerprint density at radius 3 is 2.71 bits per heavy atom. The molecule has 3 aliphatic rings. The van der Waals surface area contributed by atoms with E-state index in [1.165, 1.54) is 25.3 Å². The zero-order chi connectivity index (χ0) is 17.2. The van der Waals surface area contributed by atoms with Crippen LogP contribution in [0, 0.1) is 22.0 Å². The van der Waals surface area contributed by atoms with Crippen LogP contribution < -0.4 is 9.64 Å². The van der Waals surface area contributed by atoms with E-state index in [-0.39, 0.29) is 28.9 Å². The molecule has 0 aromatic heterocycles. The van der Waals surface area contributed by atoms with E-state index in [0.29, 0.717) is 0 Å². The summed E-state index contributed by atoms with van der Waals surface area (Å²) in [7, 11) is 1.34. The van der Waals surface area contributed by atoms with E-state index >= 15 is 0 Å². The van der Waals surface area contributed by atoms with E-state index in [0.717, 1.165) is 4.90 Å². The molecule has 1 aromatic carbocycles. The molecule has 0 aliphatic carbocycles. The molecule has 3 heterocycles. The fourth-order valence-corrected chi connectivity index (χ4v) is 3.85. The molecule has 0 N–H and O–H groups in total. The number of nitro benzene ring substituents is 1. The number of fused-ring (bicyclic) bond motifs is 5. The van der Waals surface area contributed by atoms with Gasteiger partial charge in [-0.3, -0.25) is 19.7 Å². The highest BCUT2D eigenvalue weighted by Gasteiger charge is 2.66. The highest BCUT2D eigenvalue weighted by molar-refractivity contribution is 6.24. The molecule has 3 aliphatic heterocycles. The van der Waals surface area contributed by atoms with Gasteiger partial charge in [-0.05, 0) is 13.0 Å². The number of nitrogens with zero attached hydrogens (tertiary/aromatic N) is 2. The molecule has 2 bridgehead atoms. The highest BCUT2D eigenvalue weighted by atomic mass is 16.6. The number of anilines is 1. The van der Waals surface area contributed by atoms with Gasteiger partial charge in [-0.1, -0.05) is 12.2 Å². The first-order chi connectivity index (χ1) is 11.4. The quantitative estimate of drug-likeness (QED) is 0.360. The van der Waals surface area contributed by atoms with Crippen LogP contribution in [0.1, 0.15) is 6.92 Å². The summed E-state index contributed by atoms with van der Waals surface area (Å²) in [5.74, 6) is -1.77. The van der Waals surface area contributed by atoms with E-state index in [1.807, 2.05) is 12.2 Å². The van der Waals surface area contributed by atoms with E-state index in [4.69, 9.17) is 9.47 Å². The highest BCUT2D eigenvalue weighted by Crippen LogP contribution is 2.53.